The largest absolute Gasteiger partial charge is 0.497 e. The summed E-state index contributed by atoms with van der Waals surface area (Å²) in [6.45, 7) is 1.70. The molecular formula is C23H33IN4O4. The highest BCUT2D eigenvalue weighted by molar-refractivity contribution is 14.0. The Bertz CT molecular complexity index is 842. The Morgan fingerprint density at radius 1 is 0.906 bits per heavy atom. The van der Waals surface area contributed by atoms with Crippen molar-refractivity contribution in [3.05, 3.63) is 54.1 Å². The molecule has 0 saturated carbocycles. The molecule has 2 rings (SSSR count). The van der Waals surface area contributed by atoms with Gasteiger partial charge in [0.25, 0.3) is 0 Å². The molecule has 0 aromatic heterocycles. The van der Waals surface area contributed by atoms with Crippen molar-refractivity contribution in [1.82, 2.24) is 15.1 Å². The second kappa shape index (κ2) is 14.4. The third kappa shape index (κ3) is 9.21. The number of rotatable bonds is 10. The maximum atomic E-state index is 12.0. The summed E-state index contributed by atoms with van der Waals surface area (Å²) in [6, 6.07) is 15.2. The normalized spacial score (nSPS) is 10.6. The Kier molecular flexibility index (Phi) is 12.3. The minimum absolute atomic E-state index is 0. The molecule has 32 heavy (non-hydrogen) atoms. The summed E-state index contributed by atoms with van der Waals surface area (Å²) in [5.41, 5.74) is 1.04. The van der Waals surface area contributed by atoms with Crippen LogP contribution in [0.4, 0.5) is 0 Å². The lowest BCUT2D eigenvalue weighted by atomic mass is 10.2. The van der Waals surface area contributed by atoms with E-state index in [2.05, 4.69) is 10.3 Å². The van der Waals surface area contributed by atoms with E-state index < -0.39 is 0 Å². The molecule has 0 aliphatic heterocycles. The van der Waals surface area contributed by atoms with Gasteiger partial charge in [0, 0.05) is 21.1 Å². The van der Waals surface area contributed by atoms with Crippen LogP contribution in [0.2, 0.25) is 0 Å². The van der Waals surface area contributed by atoms with Crippen LogP contribution in [0.25, 0.3) is 0 Å². The molecule has 0 spiro atoms. The predicted octanol–water partition coefficient (Wildman–Crippen LogP) is 2.87. The number of benzene rings is 2. The molecule has 2 aromatic rings. The monoisotopic (exact) mass is 556 g/mol. The number of methoxy groups -OCH3 is 2. The van der Waals surface area contributed by atoms with Gasteiger partial charge in [-0.15, -0.1) is 24.0 Å². The summed E-state index contributed by atoms with van der Waals surface area (Å²) in [5, 5.41) is 3.15. The third-order valence-electron chi connectivity index (χ3n) is 4.58. The fourth-order valence-corrected chi connectivity index (χ4v) is 2.60. The number of carbonyl (C=O) groups is 1. The fourth-order valence-electron chi connectivity index (χ4n) is 2.60. The topological polar surface area (TPSA) is 75.6 Å². The van der Waals surface area contributed by atoms with E-state index in [0.29, 0.717) is 25.7 Å². The smallest absolute Gasteiger partial charge is 0.241 e. The molecule has 0 unspecified atom stereocenters. The van der Waals surface area contributed by atoms with Gasteiger partial charge in [0.15, 0.2) is 5.96 Å². The Labute approximate surface area is 207 Å². The molecule has 9 heteroatoms. The van der Waals surface area contributed by atoms with Gasteiger partial charge in [-0.1, -0.05) is 12.1 Å². The van der Waals surface area contributed by atoms with E-state index in [0.717, 1.165) is 22.8 Å². The summed E-state index contributed by atoms with van der Waals surface area (Å²) in [4.78, 5) is 20.2. The quantitative estimate of drug-likeness (QED) is 0.276. The van der Waals surface area contributed by atoms with E-state index in [9.17, 15) is 4.79 Å². The number of halogens is 1. The number of guanidine groups is 1. The number of carbonyl (C=O) groups excluding carboxylic acids is 1. The molecule has 0 atom stereocenters. The summed E-state index contributed by atoms with van der Waals surface area (Å²) < 4.78 is 16.2. The Morgan fingerprint density at radius 3 is 1.97 bits per heavy atom. The molecule has 0 aliphatic rings. The Morgan fingerprint density at radius 2 is 1.44 bits per heavy atom. The van der Waals surface area contributed by atoms with Crippen LogP contribution in [0.5, 0.6) is 17.2 Å². The first-order valence-corrected chi connectivity index (χ1v) is 10.0. The number of nitrogens with one attached hydrogen (secondary N) is 1. The second-order valence-corrected chi connectivity index (χ2v) is 7.08. The maximum Gasteiger partial charge on any atom is 0.241 e. The molecule has 0 saturated heterocycles. The van der Waals surface area contributed by atoms with Crippen LogP contribution < -0.4 is 19.5 Å². The van der Waals surface area contributed by atoms with Crippen LogP contribution >= 0.6 is 24.0 Å². The Hall–Kier alpha value is -2.69. The first-order valence-electron chi connectivity index (χ1n) is 10.0. The molecule has 2 aromatic carbocycles. The van der Waals surface area contributed by atoms with Crippen molar-refractivity contribution in [3.63, 3.8) is 0 Å². The zero-order valence-corrected chi connectivity index (χ0v) is 21.7. The van der Waals surface area contributed by atoms with Gasteiger partial charge in [-0.25, -0.2) is 4.99 Å². The van der Waals surface area contributed by atoms with Gasteiger partial charge in [-0.05, 0) is 42.0 Å². The zero-order chi connectivity index (χ0) is 22.6. The van der Waals surface area contributed by atoms with Crippen molar-refractivity contribution < 1.29 is 19.0 Å². The van der Waals surface area contributed by atoms with Crippen molar-refractivity contribution in [2.24, 2.45) is 4.99 Å². The number of likely N-dealkylation sites (N-methyl/N-ethyl adjacent to an activating group) is 2. The van der Waals surface area contributed by atoms with E-state index in [1.807, 2.05) is 60.5 Å². The second-order valence-electron chi connectivity index (χ2n) is 7.08. The van der Waals surface area contributed by atoms with Crippen molar-refractivity contribution in [2.75, 3.05) is 55.1 Å². The molecule has 1 amide bonds. The molecule has 0 heterocycles. The maximum absolute atomic E-state index is 12.0. The van der Waals surface area contributed by atoms with Gasteiger partial charge < -0.3 is 29.3 Å². The third-order valence-corrected chi connectivity index (χ3v) is 4.58. The van der Waals surface area contributed by atoms with Crippen molar-refractivity contribution in [2.45, 2.75) is 6.54 Å². The highest BCUT2D eigenvalue weighted by Gasteiger charge is 2.10. The molecule has 0 radical (unpaired) electrons. The highest BCUT2D eigenvalue weighted by atomic mass is 127. The lowest BCUT2D eigenvalue weighted by molar-refractivity contribution is -0.127. The van der Waals surface area contributed by atoms with Crippen molar-refractivity contribution >= 4 is 35.8 Å². The summed E-state index contributed by atoms with van der Waals surface area (Å²) in [6.07, 6.45) is 0. The van der Waals surface area contributed by atoms with Gasteiger partial charge in [-0.3, -0.25) is 4.79 Å². The number of hydrogen-bond donors (Lipinski definition) is 1. The first kappa shape index (κ1) is 27.3. The number of hydrogen-bond acceptors (Lipinski definition) is 5. The molecule has 1 N–H and O–H groups in total. The van der Waals surface area contributed by atoms with Gasteiger partial charge in [-0.2, -0.15) is 0 Å². The molecular weight excluding hydrogens is 523 g/mol. The van der Waals surface area contributed by atoms with Crippen LogP contribution in [0.1, 0.15) is 5.56 Å². The molecule has 8 nitrogen and oxygen atoms in total. The molecule has 0 fully saturated rings. The van der Waals surface area contributed by atoms with Crippen LogP contribution in [0.3, 0.4) is 0 Å². The fraction of sp³-hybridized carbons (Fsp3) is 0.391. The van der Waals surface area contributed by atoms with Crippen molar-refractivity contribution in [1.29, 1.82) is 0 Å². The number of ether oxygens (including phenoxy) is 3. The van der Waals surface area contributed by atoms with Gasteiger partial charge in [0.05, 0.1) is 33.9 Å². The predicted molar refractivity (Wildman–Crippen MR) is 137 cm³/mol. The van der Waals surface area contributed by atoms with E-state index >= 15 is 0 Å². The van der Waals surface area contributed by atoms with E-state index in [1.54, 1.807) is 33.2 Å². The molecule has 0 bridgehead atoms. The van der Waals surface area contributed by atoms with Gasteiger partial charge in [0.1, 0.15) is 23.9 Å². The van der Waals surface area contributed by atoms with Crippen LogP contribution in [-0.4, -0.2) is 76.7 Å². The molecule has 176 valence electrons. The average molecular weight is 556 g/mol. The number of aliphatic imine (C=N–C) groups is 1. The SMILES string of the molecule is COc1ccc(CN=C(NCC(=O)N(C)C)N(C)CCOc2ccc(OC)cc2)cc1.I. The zero-order valence-electron chi connectivity index (χ0n) is 19.3. The number of amides is 1. The summed E-state index contributed by atoms with van der Waals surface area (Å²) in [7, 11) is 8.64. The lowest BCUT2D eigenvalue weighted by Gasteiger charge is -2.23. The van der Waals surface area contributed by atoms with Crippen LogP contribution in [0, 0.1) is 0 Å². The summed E-state index contributed by atoms with van der Waals surface area (Å²) >= 11 is 0. The average Bonchev–Trinajstić information content (AvgIpc) is 2.79. The minimum atomic E-state index is -0.0277. The van der Waals surface area contributed by atoms with E-state index in [4.69, 9.17) is 14.2 Å². The van der Waals surface area contributed by atoms with Crippen LogP contribution in [-0.2, 0) is 11.3 Å². The standard InChI is InChI=1S/C23H32N4O4.HI/c1-26(2)22(28)17-25-23(24-16-18-6-8-19(29-4)9-7-18)27(3)14-15-31-21-12-10-20(30-5)11-13-21;/h6-13H,14-17H2,1-5H3,(H,24,25);1H. The van der Waals surface area contributed by atoms with Gasteiger partial charge in [0.2, 0.25) is 5.91 Å². The minimum Gasteiger partial charge on any atom is -0.497 e. The molecule has 0 aliphatic carbocycles. The van der Waals surface area contributed by atoms with E-state index in [-0.39, 0.29) is 36.4 Å². The highest BCUT2D eigenvalue weighted by Crippen LogP contribution is 2.17. The van der Waals surface area contributed by atoms with E-state index in [1.165, 1.54) is 0 Å². The van der Waals surface area contributed by atoms with Crippen molar-refractivity contribution in [3.8, 4) is 17.2 Å². The first-order chi connectivity index (χ1) is 14.9. The van der Waals surface area contributed by atoms with Crippen LogP contribution in [0.15, 0.2) is 53.5 Å². The number of nitrogens with zero attached hydrogens (tertiary/aromatic N) is 3. The Balaban J connectivity index is 0.00000512. The lowest BCUT2D eigenvalue weighted by Crippen LogP contribution is -2.45. The van der Waals surface area contributed by atoms with Gasteiger partial charge >= 0.3 is 0 Å². The summed E-state index contributed by atoms with van der Waals surface area (Å²) in [5.74, 6) is 2.95.